The molecule has 0 amide bonds. The highest BCUT2D eigenvalue weighted by atomic mass is 32.2. The van der Waals surface area contributed by atoms with Crippen molar-refractivity contribution in [3.8, 4) is 5.88 Å². The van der Waals surface area contributed by atoms with E-state index in [1.54, 1.807) is 24.3 Å². The number of halogens is 3. The number of rotatable bonds is 5. The molecule has 0 bridgehead atoms. The third-order valence-corrected chi connectivity index (χ3v) is 6.33. The summed E-state index contributed by atoms with van der Waals surface area (Å²) < 4.78 is 67.8. The van der Waals surface area contributed by atoms with Gasteiger partial charge in [-0.05, 0) is 17.5 Å². The fourth-order valence-corrected chi connectivity index (χ4v) is 4.80. The first-order chi connectivity index (χ1) is 12.3. The minimum atomic E-state index is -4.43. The van der Waals surface area contributed by atoms with Gasteiger partial charge in [-0.3, -0.25) is 0 Å². The molecule has 1 unspecified atom stereocenters. The summed E-state index contributed by atoms with van der Waals surface area (Å²) in [5, 5.41) is -0.578. The van der Waals surface area contributed by atoms with Gasteiger partial charge in [0, 0.05) is 25.4 Å². The van der Waals surface area contributed by atoms with Crippen LogP contribution < -0.4 is 4.74 Å². The van der Waals surface area contributed by atoms with Crippen LogP contribution in [0.5, 0.6) is 5.88 Å². The molecule has 3 rings (SSSR count). The molecule has 140 valence electrons. The molecule has 2 aromatic rings. The van der Waals surface area contributed by atoms with Crippen molar-refractivity contribution in [1.29, 1.82) is 0 Å². The van der Waals surface area contributed by atoms with Gasteiger partial charge in [0.25, 0.3) is 0 Å². The van der Waals surface area contributed by atoms with E-state index in [1.807, 2.05) is 6.07 Å². The molecule has 1 aliphatic rings. The van der Waals surface area contributed by atoms with E-state index in [4.69, 9.17) is 0 Å². The second kappa shape index (κ2) is 7.24. The summed E-state index contributed by atoms with van der Waals surface area (Å²) in [6, 6.07) is 11.8. The lowest BCUT2D eigenvalue weighted by molar-refractivity contribution is -0.154. The minimum absolute atomic E-state index is 0.123. The normalized spacial score (nSPS) is 20.2. The topological polar surface area (TPSA) is 59.5 Å². The molecule has 1 aliphatic heterocycles. The van der Waals surface area contributed by atoms with Crippen LogP contribution in [0.2, 0.25) is 0 Å². The number of benzene rings is 1. The van der Waals surface area contributed by atoms with Gasteiger partial charge in [-0.1, -0.05) is 36.4 Å². The smallest absolute Gasteiger partial charge is 0.422 e. The Kier molecular flexibility index (Phi) is 5.19. The molecule has 1 atom stereocenters. The number of pyridine rings is 1. The first-order valence-corrected chi connectivity index (χ1v) is 9.44. The van der Waals surface area contributed by atoms with Crippen molar-refractivity contribution in [2.75, 3.05) is 13.2 Å². The summed E-state index contributed by atoms with van der Waals surface area (Å²) in [5.74, 6) is -0.155. The molecule has 2 heterocycles. The van der Waals surface area contributed by atoms with Crippen LogP contribution in [0.15, 0.2) is 48.7 Å². The monoisotopic (exact) mass is 386 g/mol. The van der Waals surface area contributed by atoms with Crippen molar-refractivity contribution in [2.24, 2.45) is 0 Å². The Hall–Kier alpha value is -2.13. The van der Waals surface area contributed by atoms with E-state index in [0.29, 0.717) is 18.5 Å². The van der Waals surface area contributed by atoms with Gasteiger partial charge in [0.05, 0.1) is 0 Å². The Bertz CT molecular complexity index is 840. The molecule has 5 nitrogen and oxygen atoms in total. The predicted octanol–water partition coefficient (Wildman–Crippen LogP) is 3.30. The SMILES string of the molecule is O=S1(=O)C(c2ccccc2)CCN1Cc1ccc(OCC(F)(F)F)nc1. The number of sulfonamides is 1. The van der Waals surface area contributed by atoms with Crippen LogP contribution in [-0.2, 0) is 16.6 Å². The van der Waals surface area contributed by atoms with E-state index in [9.17, 15) is 21.6 Å². The lowest BCUT2D eigenvalue weighted by Crippen LogP contribution is -2.26. The average Bonchev–Trinajstić information content (AvgIpc) is 2.89. The van der Waals surface area contributed by atoms with Crippen molar-refractivity contribution in [3.05, 3.63) is 59.8 Å². The lowest BCUT2D eigenvalue weighted by atomic mass is 10.1. The molecule has 1 aromatic carbocycles. The Labute approximate surface area is 149 Å². The maximum Gasteiger partial charge on any atom is 0.422 e. The quantitative estimate of drug-likeness (QED) is 0.791. The maximum atomic E-state index is 12.7. The highest BCUT2D eigenvalue weighted by Crippen LogP contribution is 2.36. The van der Waals surface area contributed by atoms with E-state index in [0.717, 1.165) is 5.56 Å². The summed E-state index contributed by atoms with van der Waals surface area (Å²) in [6.45, 7) is -0.912. The molecule has 0 radical (unpaired) electrons. The molecule has 9 heteroatoms. The number of ether oxygens (including phenoxy) is 1. The van der Waals surface area contributed by atoms with Gasteiger partial charge in [0.2, 0.25) is 15.9 Å². The first-order valence-electron chi connectivity index (χ1n) is 7.94. The van der Waals surface area contributed by atoms with Crippen LogP contribution in [-0.4, -0.2) is 37.0 Å². The third-order valence-electron chi connectivity index (χ3n) is 4.07. The van der Waals surface area contributed by atoms with E-state index < -0.39 is 28.1 Å². The van der Waals surface area contributed by atoms with Gasteiger partial charge in [-0.2, -0.15) is 17.5 Å². The summed E-state index contributed by atoms with van der Waals surface area (Å²) in [4.78, 5) is 3.81. The number of alkyl halides is 3. The molecular formula is C17H17F3N2O3S. The van der Waals surface area contributed by atoms with E-state index >= 15 is 0 Å². The van der Waals surface area contributed by atoms with Crippen LogP contribution in [0.1, 0.15) is 22.8 Å². The van der Waals surface area contributed by atoms with Crippen molar-refractivity contribution in [1.82, 2.24) is 9.29 Å². The molecule has 1 aromatic heterocycles. The lowest BCUT2D eigenvalue weighted by Gasteiger charge is -2.17. The largest absolute Gasteiger partial charge is 0.468 e. The molecule has 0 saturated carbocycles. The molecule has 1 saturated heterocycles. The molecule has 0 spiro atoms. The van der Waals surface area contributed by atoms with Crippen molar-refractivity contribution in [2.45, 2.75) is 24.4 Å². The van der Waals surface area contributed by atoms with Crippen LogP contribution >= 0.6 is 0 Å². The summed E-state index contributed by atoms with van der Waals surface area (Å²) in [6.07, 6.45) is -2.61. The van der Waals surface area contributed by atoms with Gasteiger partial charge in [-0.25, -0.2) is 13.4 Å². The molecule has 0 aliphatic carbocycles. The summed E-state index contributed by atoms with van der Waals surface area (Å²) in [5.41, 5.74) is 1.34. The number of aromatic nitrogens is 1. The summed E-state index contributed by atoms with van der Waals surface area (Å²) >= 11 is 0. The van der Waals surface area contributed by atoms with E-state index in [-0.39, 0.29) is 12.4 Å². The average molecular weight is 386 g/mol. The minimum Gasteiger partial charge on any atom is -0.468 e. The van der Waals surface area contributed by atoms with Gasteiger partial charge < -0.3 is 4.74 Å². The van der Waals surface area contributed by atoms with Gasteiger partial charge in [-0.15, -0.1) is 0 Å². The van der Waals surface area contributed by atoms with Gasteiger partial charge >= 0.3 is 6.18 Å². The van der Waals surface area contributed by atoms with E-state index in [1.165, 1.54) is 22.6 Å². The van der Waals surface area contributed by atoms with Crippen molar-refractivity contribution < 1.29 is 26.3 Å². The van der Waals surface area contributed by atoms with Crippen LogP contribution in [0.3, 0.4) is 0 Å². The Morgan fingerprint density at radius 3 is 2.50 bits per heavy atom. The van der Waals surface area contributed by atoms with E-state index in [2.05, 4.69) is 9.72 Å². The maximum absolute atomic E-state index is 12.7. The summed E-state index contributed by atoms with van der Waals surface area (Å²) in [7, 11) is -3.49. The Balaban J connectivity index is 1.66. The molecule has 0 N–H and O–H groups in total. The Morgan fingerprint density at radius 2 is 1.88 bits per heavy atom. The molecule has 1 fully saturated rings. The number of hydrogen-bond acceptors (Lipinski definition) is 4. The highest BCUT2D eigenvalue weighted by molar-refractivity contribution is 7.89. The first kappa shape index (κ1) is 18.7. The van der Waals surface area contributed by atoms with Crippen LogP contribution in [0, 0.1) is 0 Å². The van der Waals surface area contributed by atoms with Gasteiger partial charge in [0.15, 0.2) is 6.61 Å². The zero-order valence-electron chi connectivity index (χ0n) is 13.7. The van der Waals surface area contributed by atoms with Crippen molar-refractivity contribution in [3.63, 3.8) is 0 Å². The second-order valence-corrected chi connectivity index (χ2v) is 8.09. The number of nitrogens with zero attached hydrogens (tertiary/aromatic N) is 2. The van der Waals surface area contributed by atoms with Gasteiger partial charge in [0.1, 0.15) is 5.25 Å². The predicted molar refractivity (Wildman–Crippen MR) is 88.9 cm³/mol. The zero-order chi connectivity index (χ0) is 18.8. The molecular weight excluding hydrogens is 369 g/mol. The number of hydrogen-bond donors (Lipinski definition) is 0. The standard InChI is InChI=1S/C17H17F3N2O3S/c18-17(19,20)12-25-16-7-6-13(10-21-16)11-22-9-8-15(26(22,23)24)14-4-2-1-3-5-14/h1-7,10,15H,8-9,11-12H2. The zero-order valence-corrected chi connectivity index (χ0v) is 14.5. The molecule has 26 heavy (non-hydrogen) atoms. The van der Waals surface area contributed by atoms with Crippen molar-refractivity contribution >= 4 is 10.0 Å². The third kappa shape index (κ3) is 4.34. The highest BCUT2D eigenvalue weighted by Gasteiger charge is 2.39. The van der Waals surface area contributed by atoms with Crippen LogP contribution in [0.25, 0.3) is 0 Å². The fraction of sp³-hybridized carbons (Fsp3) is 0.353. The Morgan fingerprint density at radius 1 is 1.15 bits per heavy atom. The fourth-order valence-electron chi connectivity index (χ4n) is 2.84. The second-order valence-electron chi connectivity index (χ2n) is 5.98. The van der Waals surface area contributed by atoms with Crippen LogP contribution in [0.4, 0.5) is 13.2 Å².